The third-order valence-corrected chi connectivity index (χ3v) is 4.57. The van der Waals surface area contributed by atoms with Gasteiger partial charge in [-0.05, 0) is 38.8 Å². The molecule has 3 N–H and O–H groups in total. The number of esters is 1. The van der Waals surface area contributed by atoms with Crippen LogP contribution < -0.4 is 5.73 Å². The summed E-state index contributed by atoms with van der Waals surface area (Å²) in [5.74, 6) is -0.837. The lowest BCUT2D eigenvalue weighted by molar-refractivity contribution is -0.385. The highest BCUT2D eigenvalue weighted by Crippen LogP contribution is 2.41. The van der Waals surface area contributed by atoms with Crippen LogP contribution in [0, 0.1) is 10.1 Å². The van der Waals surface area contributed by atoms with Gasteiger partial charge in [0, 0.05) is 18.1 Å². The molecular weight excluding hydrogens is 400 g/mol. The first-order valence-electron chi connectivity index (χ1n) is 5.56. The van der Waals surface area contributed by atoms with E-state index in [1.165, 1.54) is 6.07 Å². The highest BCUT2D eigenvalue weighted by Gasteiger charge is 2.24. The molecule has 0 bridgehead atoms. The molecule has 0 saturated heterocycles. The summed E-state index contributed by atoms with van der Waals surface area (Å²) in [6.07, 6.45) is -0.0720. The van der Waals surface area contributed by atoms with E-state index in [4.69, 9.17) is 10.5 Å². The minimum atomic E-state index is -1.01. The molecule has 7 nitrogen and oxygen atoms in total. The molecule has 1 rings (SSSR count). The molecule has 1 aromatic carbocycles. The van der Waals surface area contributed by atoms with Gasteiger partial charge in [-0.1, -0.05) is 0 Å². The Balaban J connectivity index is 3.13. The van der Waals surface area contributed by atoms with Crippen molar-refractivity contribution in [1.29, 1.82) is 0 Å². The van der Waals surface area contributed by atoms with Gasteiger partial charge in [0.15, 0.2) is 0 Å². The van der Waals surface area contributed by atoms with Gasteiger partial charge in [-0.15, -0.1) is 0 Å². The van der Waals surface area contributed by atoms with Crippen molar-refractivity contribution in [2.24, 2.45) is 5.73 Å². The summed E-state index contributed by atoms with van der Waals surface area (Å²) in [5.41, 5.74) is 5.59. The normalized spacial score (nSPS) is 12.0. The lowest BCUT2D eigenvalue weighted by atomic mass is 10.0. The Bertz CT molecular complexity index is 550. The molecule has 1 unspecified atom stereocenters. The van der Waals surface area contributed by atoms with Crippen molar-refractivity contribution in [3.8, 4) is 5.75 Å². The summed E-state index contributed by atoms with van der Waals surface area (Å²) in [6, 6.07) is 0.164. The number of ether oxygens (including phenoxy) is 1. The quantitative estimate of drug-likeness (QED) is 0.436. The molecule has 1 atom stereocenters. The van der Waals surface area contributed by atoms with Crippen molar-refractivity contribution in [3.63, 3.8) is 0 Å². The molecule has 0 saturated carbocycles. The largest absolute Gasteiger partial charge is 0.506 e. The summed E-state index contributed by atoms with van der Waals surface area (Å²) in [5, 5.41) is 20.8. The smallest absolute Gasteiger partial charge is 0.323 e. The van der Waals surface area contributed by atoms with Crippen molar-refractivity contribution >= 4 is 43.5 Å². The number of carbonyl (C=O) groups is 1. The van der Waals surface area contributed by atoms with Crippen LogP contribution in [0.3, 0.4) is 0 Å². The fourth-order valence-corrected chi connectivity index (χ4v) is 2.42. The van der Waals surface area contributed by atoms with E-state index in [1.54, 1.807) is 6.92 Å². The SMILES string of the molecule is CCOC(=O)C(N)Cc1cc([N+](=O)[O-])c(Br)c(Br)c1O. The maximum atomic E-state index is 11.4. The number of nitro benzene ring substituents is 1. The van der Waals surface area contributed by atoms with Gasteiger partial charge in [0.2, 0.25) is 0 Å². The highest BCUT2D eigenvalue weighted by atomic mass is 79.9. The molecule has 0 aromatic heterocycles. The fraction of sp³-hybridized carbons (Fsp3) is 0.364. The molecule has 20 heavy (non-hydrogen) atoms. The predicted molar refractivity (Wildman–Crippen MR) is 78.5 cm³/mol. The number of carbonyl (C=O) groups excluding carboxylic acids is 1. The average molecular weight is 412 g/mol. The van der Waals surface area contributed by atoms with E-state index >= 15 is 0 Å². The Morgan fingerprint density at radius 3 is 2.65 bits per heavy atom. The molecule has 0 spiro atoms. The van der Waals surface area contributed by atoms with Gasteiger partial charge in [0.25, 0.3) is 5.69 Å². The first kappa shape index (κ1) is 16.9. The van der Waals surface area contributed by atoms with E-state index < -0.39 is 16.9 Å². The fourth-order valence-electron chi connectivity index (χ4n) is 1.51. The van der Waals surface area contributed by atoms with Crippen LogP contribution in [0.15, 0.2) is 15.0 Å². The van der Waals surface area contributed by atoms with Crippen LogP contribution in [0.5, 0.6) is 5.75 Å². The Labute approximate surface area is 131 Å². The van der Waals surface area contributed by atoms with Gasteiger partial charge >= 0.3 is 5.97 Å². The summed E-state index contributed by atoms with van der Waals surface area (Å²) < 4.78 is 5.00. The zero-order valence-corrected chi connectivity index (χ0v) is 13.6. The Morgan fingerprint density at radius 2 is 2.15 bits per heavy atom. The number of nitro groups is 1. The van der Waals surface area contributed by atoms with Crippen LogP contribution >= 0.6 is 31.9 Å². The Hall–Kier alpha value is -1.19. The minimum absolute atomic E-state index is 0.0720. The van der Waals surface area contributed by atoms with Crippen LogP contribution in [-0.2, 0) is 16.0 Å². The van der Waals surface area contributed by atoms with Gasteiger partial charge in [0.05, 0.1) is 16.0 Å². The van der Waals surface area contributed by atoms with Gasteiger partial charge < -0.3 is 15.6 Å². The maximum absolute atomic E-state index is 11.4. The molecule has 0 heterocycles. The Kier molecular flexibility index (Phi) is 5.90. The highest BCUT2D eigenvalue weighted by molar-refractivity contribution is 9.13. The first-order valence-corrected chi connectivity index (χ1v) is 7.14. The van der Waals surface area contributed by atoms with Gasteiger partial charge in [-0.3, -0.25) is 14.9 Å². The molecule has 0 amide bonds. The van der Waals surface area contributed by atoms with Gasteiger partial charge in [-0.2, -0.15) is 0 Å². The van der Waals surface area contributed by atoms with Crippen molar-refractivity contribution in [2.45, 2.75) is 19.4 Å². The number of phenols is 1. The van der Waals surface area contributed by atoms with E-state index in [2.05, 4.69) is 31.9 Å². The van der Waals surface area contributed by atoms with Crippen LogP contribution in [0.25, 0.3) is 0 Å². The number of rotatable bonds is 5. The molecule has 110 valence electrons. The van der Waals surface area contributed by atoms with E-state index in [9.17, 15) is 20.0 Å². The number of halogens is 2. The van der Waals surface area contributed by atoms with Gasteiger partial charge in [-0.25, -0.2) is 0 Å². The molecular formula is C11H12Br2N2O5. The Morgan fingerprint density at radius 1 is 1.55 bits per heavy atom. The zero-order valence-electron chi connectivity index (χ0n) is 10.4. The van der Waals surface area contributed by atoms with Crippen LogP contribution in [0.1, 0.15) is 12.5 Å². The van der Waals surface area contributed by atoms with Crippen molar-refractivity contribution in [2.75, 3.05) is 6.61 Å². The van der Waals surface area contributed by atoms with E-state index in [1.807, 2.05) is 0 Å². The summed E-state index contributed by atoms with van der Waals surface area (Å²) in [6.45, 7) is 1.83. The zero-order chi connectivity index (χ0) is 15.4. The summed E-state index contributed by atoms with van der Waals surface area (Å²) in [4.78, 5) is 21.8. The number of nitrogens with zero attached hydrogens (tertiary/aromatic N) is 1. The molecule has 0 fully saturated rings. The number of hydrogen-bond donors (Lipinski definition) is 2. The van der Waals surface area contributed by atoms with E-state index in [-0.39, 0.29) is 39.0 Å². The lowest BCUT2D eigenvalue weighted by Crippen LogP contribution is -2.34. The standard InChI is InChI=1S/C11H12Br2N2O5/c1-2-20-11(17)6(14)3-5-4-7(15(18)19)8(12)9(13)10(5)16/h4,6,16H,2-3,14H2,1H3. The summed E-state index contributed by atoms with van der Waals surface area (Å²) in [7, 11) is 0. The number of benzene rings is 1. The third-order valence-electron chi connectivity index (χ3n) is 2.47. The number of nitrogens with two attached hydrogens (primary N) is 1. The topological polar surface area (TPSA) is 116 Å². The van der Waals surface area contributed by atoms with E-state index in [0.717, 1.165) is 0 Å². The monoisotopic (exact) mass is 410 g/mol. The van der Waals surface area contributed by atoms with Gasteiger partial charge in [0.1, 0.15) is 16.3 Å². The van der Waals surface area contributed by atoms with Crippen molar-refractivity contribution < 1.29 is 19.6 Å². The molecule has 0 aliphatic carbocycles. The van der Waals surface area contributed by atoms with Crippen molar-refractivity contribution in [3.05, 3.63) is 30.7 Å². The molecule has 9 heteroatoms. The minimum Gasteiger partial charge on any atom is -0.506 e. The average Bonchev–Trinajstić information content (AvgIpc) is 2.39. The predicted octanol–water partition coefficient (Wildman–Crippen LogP) is 2.26. The van der Waals surface area contributed by atoms with Crippen molar-refractivity contribution in [1.82, 2.24) is 0 Å². The molecule has 0 aliphatic rings. The molecule has 1 aromatic rings. The molecule has 0 radical (unpaired) electrons. The number of hydrogen-bond acceptors (Lipinski definition) is 6. The van der Waals surface area contributed by atoms with Crippen LogP contribution in [0.2, 0.25) is 0 Å². The second kappa shape index (κ2) is 7.00. The van der Waals surface area contributed by atoms with E-state index in [0.29, 0.717) is 0 Å². The maximum Gasteiger partial charge on any atom is 0.323 e. The third kappa shape index (κ3) is 3.68. The second-order valence-electron chi connectivity index (χ2n) is 3.85. The summed E-state index contributed by atoms with van der Waals surface area (Å²) >= 11 is 6.06. The lowest BCUT2D eigenvalue weighted by Gasteiger charge is -2.13. The number of phenolic OH excluding ortho intramolecular Hbond substituents is 1. The number of aromatic hydroxyl groups is 1. The van der Waals surface area contributed by atoms with Crippen LogP contribution in [-0.4, -0.2) is 28.6 Å². The first-order chi connectivity index (χ1) is 9.29. The van der Waals surface area contributed by atoms with Crippen LogP contribution in [0.4, 0.5) is 5.69 Å². The second-order valence-corrected chi connectivity index (χ2v) is 5.44. The molecule has 0 aliphatic heterocycles.